The van der Waals surface area contributed by atoms with E-state index >= 15 is 0 Å². The Balaban J connectivity index is 2.22. The minimum absolute atomic E-state index is 0.0381. The Morgan fingerprint density at radius 2 is 2.24 bits per heavy atom. The van der Waals surface area contributed by atoms with E-state index in [1.807, 2.05) is 0 Å². The van der Waals surface area contributed by atoms with Crippen LogP contribution in [0.4, 0.5) is 4.39 Å². The van der Waals surface area contributed by atoms with Crippen molar-refractivity contribution in [2.45, 2.75) is 6.42 Å². The number of nitrogens with zero attached hydrogens (tertiary/aromatic N) is 1. The van der Waals surface area contributed by atoms with Crippen LogP contribution in [0, 0.1) is 11.2 Å². The topological polar surface area (TPSA) is 66.8 Å². The lowest BCUT2D eigenvalue weighted by Crippen LogP contribution is -2.40. The van der Waals surface area contributed by atoms with Crippen LogP contribution < -0.4 is 0 Å². The summed E-state index contributed by atoms with van der Waals surface area (Å²) in [5.41, 5.74) is -0.905. The second-order valence-electron chi connectivity index (χ2n) is 5.12. The highest BCUT2D eigenvalue weighted by molar-refractivity contribution is 9.10. The highest BCUT2D eigenvalue weighted by Crippen LogP contribution is 2.33. The van der Waals surface area contributed by atoms with E-state index in [-0.39, 0.29) is 24.6 Å². The van der Waals surface area contributed by atoms with Gasteiger partial charge in [-0.05, 0) is 40.5 Å². The van der Waals surface area contributed by atoms with E-state index in [0.29, 0.717) is 17.4 Å². The summed E-state index contributed by atoms with van der Waals surface area (Å²) in [7, 11) is 1.43. The van der Waals surface area contributed by atoms with Crippen molar-refractivity contribution in [1.82, 2.24) is 4.90 Å². The maximum atomic E-state index is 13.3. The predicted molar refractivity (Wildman–Crippen MR) is 76.6 cm³/mol. The van der Waals surface area contributed by atoms with Crippen molar-refractivity contribution in [3.63, 3.8) is 0 Å². The van der Waals surface area contributed by atoms with Gasteiger partial charge in [0.1, 0.15) is 11.2 Å². The van der Waals surface area contributed by atoms with Gasteiger partial charge in [0.05, 0.1) is 12.2 Å². The second kappa shape index (κ2) is 6.11. The maximum Gasteiger partial charge on any atom is 0.313 e. The van der Waals surface area contributed by atoms with Gasteiger partial charge in [-0.15, -0.1) is 0 Å². The Labute approximate surface area is 129 Å². The van der Waals surface area contributed by atoms with Gasteiger partial charge in [-0.3, -0.25) is 9.59 Å². The molecule has 1 aromatic rings. The van der Waals surface area contributed by atoms with Gasteiger partial charge in [0.2, 0.25) is 0 Å². The Morgan fingerprint density at radius 3 is 2.86 bits per heavy atom. The number of carbonyl (C=O) groups excluding carboxylic acids is 1. The molecule has 1 N–H and O–H groups in total. The number of hydrogen-bond acceptors (Lipinski definition) is 3. The number of hydrogen-bond donors (Lipinski definition) is 1. The Hall–Kier alpha value is -1.47. The third kappa shape index (κ3) is 3.08. The molecule has 1 saturated heterocycles. The van der Waals surface area contributed by atoms with Crippen LogP contribution in [0.5, 0.6) is 0 Å². The summed E-state index contributed by atoms with van der Waals surface area (Å²) < 4.78 is 18.7. The van der Waals surface area contributed by atoms with Crippen molar-refractivity contribution in [3.05, 3.63) is 34.1 Å². The zero-order chi connectivity index (χ0) is 15.6. The van der Waals surface area contributed by atoms with E-state index in [0.717, 1.165) is 6.07 Å². The van der Waals surface area contributed by atoms with Crippen molar-refractivity contribution < 1.29 is 23.8 Å². The molecular weight excluding hydrogens is 345 g/mol. The van der Waals surface area contributed by atoms with Gasteiger partial charge >= 0.3 is 5.97 Å². The summed E-state index contributed by atoms with van der Waals surface area (Å²) in [6.45, 7) is 0.395. The van der Waals surface area contributed by atoms with E-state index < -0.39 is 17.2 Å². The minimum atomic E-state index is -1.09. The van der Waals surface area contributed by atoms with Crippen LogP contribution in [0.25, 0.3) is 0 Å². The Morgan fingerprint density at radius 1 is 1.52 bits per heavy atom. The minimum Gasteiger partial charge on any atom is -0.481 e. The molecule has 1 aliphatic heterocycles. The van der Waals surface area contributed by atoms with Crippen molar-refractivity contribution in [3.8, 4) is 0 Å². The first-order chi connectivity index (χ1) is 9.89. The normalized spacial score (nSPS) is 21.6. The third-order valence-electron chi connectivity index (χ3n) is 3.67. The van der Waals surface area contributed by atoms with Crippen molar-refractivity contribution in [2.24, 2.45) is 5.41 Å². The number of amides is 1. The summed E-state index contributed by atoms with van der Waals surface area (Å²) in [6.07, 6.45) is 0.314. The molecule has 2 rings (SSSR count). The predicted octanol–water partition coefficient (Wildman–Crippen LogP) is 2.15. The standard InChI is InChI=1S/C14H15BrFNO4/c1-21-8-14(13(19)20)4-5-17(7-14)12(18)10-6-9(16)2-3-11(10)15/h2-3,6H,4-5,7-8H2,1H3,(H,19,20). The van der Waals surface area contributed by atoms with Crippen molar-refractivity contribution in [1.29, 1.82) is 0 Å². The molecule has 1 heterocycles. The fourth-order valence-corrected chi connectivity index (χ4v) is 2.92. The van der Waals surface area contributed by atoms with E-state index in [9.17, 15) is 19.1 Å². The number of rotatable bonds is 4. The first-order valence-electron chi connectivity index (χ1n) is 6.36. The number of aliphatic carboxylic acids is 1. The van der Waals surface area contributed by atoms with Gasteiger partial charge in [-0.1, -0.05) is 0 Å². The molecule has 21 heavy (non-hydrogen) atoms. The van der Waals surface area contributed by atoms with Gasteiger partial charge in [-0.2, -0.15) is 0 Å². The van der Waals surface area contributed by atoms with Crippen LogP contribution in [0.15, 0.2) is 22.7 Å². The molecular formula is C14H15BrFNO4. The van der Waals surface area contributed by atoms with Crippen LogP contribution >= 0.6 is 15.9 Å². The highest BCUT2D eigenvalue weighted by atomic mass is 79.9. The zero-order valence-corrected chi connectivity index (χ0v) is 13.0. The fourth-order valence-electron chi connectivity index (χ4n) is 2.51. The van der Waals surface area contributed by atoms with Crippen LogP contribution in [-0.2, 0) is 9.53 Å². The van der Waals surface area contributed by atoms with Crippen LogP contribution in [0.3, 0.4) is 0 Å². The summed E-state index contributed by atoms with van der Waals surface area (Å²) >= 11 is 3.21. The molecule has 0 radical (unpaired) electrons. The van der Waals surface area contributed by atoms with E-state index in [1.165, 1.54) is 24.1 Å². The molecule has 0 spiro atoms. The number of likely N-dealkylation sites (tertiary alicyclic amines) is 1. The summed E-state index contributed by atoms with van der Waals surface area (Å²) in [5.74, 6) is -1.89. The quantitative estimate of drug-likeness (QED) is 0.894. The summed E-state index contributed by atoms with van der Waals surface area (Å²) in [6, 6.07) is 3.85. The zero-order valence-electron chi connectivity index (χ0n) is 11.4. The van der Waals surface area contributed by atoms with Crippen molar-refractivity contribution in [2.75, 3.05) is 26.8 Å². The molecule has 0 saturated carbocycles. The molecule has 7 heteroatoms. The lowest BCUT2D eigenvalue weighted by Gasteiger charge is -2.24. The number of carboxylic acids is 1. The average Bonchev–Trinajstić information content (AvgIpc) is 2.87. The Kier molecular flexibility index (Phi) is 4.63. The molecule has 1 aliphatic rings. The maximum absolute atomic E-state index is 13.3. The second-order valence-corrected chi connectivity index (χ2v) is 5.97. The number of carboxylic acid groups (broad SMARTS) is 1. The third-order valence-corrected chi connectivity index (χ3v) is 4.37. The number of methoxy groups -OCH3 is 1. The van der Waals surface area contributed by atoms with Gasteiger partial charge in [-0.25, -0.2) is 4.39 Å². The largest absolute Gasteiger partial charge is 0.481 e. The van der Waals surface area contributed by atoms with Gasteiger partial charge < -0.3 is 14.7 Å². The fraction of sp³-hybridized carbons (Fsp3) is 0.429. The number of carbonyl (C=O) groups is 2. The average molecular weight is 360 g/mol. The Bertz CT molecular complexity index is 580. The molecule has 1 amide bonds. The SMILES string of the molecule is COCC1(C(=O)O)CCN(C(=O)c2cc(F)ccc2Br)C1. The molecule has 0 bridgehead atoms. The lowest BCUT2D eigenvalue weighted by molar-refractivity contribution is -0.151. The molecule has 1 atom stereocenters. The number of halogens is 2. The first kappa shape index (κ1) is 15.9. The van der Waals surface area contributed by atoms with E-state index in [2.05, 4.69) is 15.9 Å². The summed E-state index contributed by atoms with van der Waals surface area (Å²) in [4.78, 5) is 25.3. The molecule has 0 aromatic heterocycles. The first-order valence-corrected chi connectivity index (χ1v) is 7.15. The molecule has 0 aliphatic carbocycles. The van der Waals surface area contributed by atoms with Crippen LogP contribution in [-0.4, -0.2) is 48.7 Å². The number of ether oxygens (including phenoxy) is 1. The molecule has 114 valence electrons. The smallest absolute Gasteiger partial charge is 0.313 e. The van der Waals surface area contributed by atoms with Gasteiger partial charge in [0, 0.05) is 24.7 Å². The van der Waals surface area contributed by atoms with Crippen LogP contribution in [0.1, 0.15) is 16.8 Å². The van der Waals surface area contributed by atoms with Gasteiger partial charge in [0.25, 0.3) is 5.91 Å². The van der Waals surface area contributed by atoms with Gasteiger partial charge in [0.15, 0.2) is 0 Å². The van der Waals surface area contributed by atoms with E-state index in [1.54, 1.807) is 0 Å². The molecule has 5 nitrogen and oxygen atoms in total. The van der Waals surface area contributed by atoms with E-state index in [4.69, 9.17) is 4.74 Å². The van der Waals surface area contributed by atoms with Crippen molar-refractivity contribution >= 4 is 27.8 Å². The van der Waals surface area contributed by atoms with Crippen LogP contribution in [0.2, 0.25) is 0 Å². The monoisotopic (exact) mass is 359 g/mol. The molecule has 1 unspecified atom stereocenters. The molecule has 1 aromatic carbocycles. The summed E-state index contributed by atoms with van der Waals surface area (Å²) in [5, 5.41) is 9.38. The molecule has 1 fully saturated rings. The lowest BCUT2D eigenvalue weighted by atomic mass is 9.88. The highest BCUT2D eigenvalue weighted by Gasteiger charge is 2.46. The number of benzene rings is 1.